The van der Waals surface area contributed by atoms with Gasteiger partial charge in [0.2, 0.25) is 0 Å². The lowest BCUT2D eigenvalue weighted by Gasteiger charge is -2.15. The molecule has 12 rings (SSSR count). The van der Waals surface area contributed by atoms with E-state index in [-0.39, 0.29) is 0 Å². The Kier molecular flexibility index (Phi) is 6.18. The standard InChI is InChI=1S/C49H28N4S/c1-3-12-31(13-4-1)47-50-48(32-14-5-2-6-15-32)52-49(51-47)39-28-34(27-38-35-18-8-10-21-42(35)54-46(38)39)53-40-20-9-7-19-36(40)45-37-25-24-30-17-11-16-29-22-23-33(26-41(45)53)44(37)43(29)30/h1-28H. The Morgan fingerprint density at radius 1 is 0.389 bits per heavy atom. The van der Waals surface area contributed by atoms with Crippen LogP contribution in [0.2, 0.25) is 0 Å². The molecular weight excluding hydrogens is 677 g/mol. The summed E-state index contributed by atoms with van der Waals surface area (Å²) in [5.74, 6) is 1.96. The fraction of sp³-hybridized carbons (Fsp3) is 0. The summed E-state index contributed by atoms with van der Waals surface area (Å²) in [6.45, 7) is 0. The average Bonchev–Trinajstić information content (AvgIpc) is 3.78. The van der Waals surface area contributed by atoms with Crippen LogP contribution in [-0.4, -0.2) is 19.5 Å². The van der Waals surface area contributed by atoms with E-state index in [9.17, 15) is 0 Å². The van der Waals surface area contributed by atoms with Crippen molar-refractivity contribution < 1.29 is 0 Å². The normalized spacial score (nSPS) is 12.1. The minimum atomic E-state index is 0.653. The highest BCUT2D eigenvalue weighted by Gasteiger charge is 2.22. The Hall–Kier alpha value is -6.95. The highest BCUT2D eigenvalue weighted by molar-refractivity contribution is 7.26. The molecule has 0 bridgehead atoms. The first-order valence-corrected chi connectivity index (χ1v) is 19.0. The van der Waals surface area contributed by atoms with Gasteiger partial charge < -0.3 is 4.57 Å². The topological polar surface area (TPSA) is 43.6 Å². The first-order valence-electron chi connectivity index (χ1n) is 18.2. The molecule has 0 N–H and O–H groups in total. The molecule has 4 nitrogen and oxygen atoms in total. The molecule has 5 heteroatoms. The maximum atomic E-state index is 5.24. The second kappa shape index (κ2) is 11.3. The van der Waals surface area contributed by atoms with Gasteiger partial charge in [-0.3, -0.25) is 0 Å². The van der Waals surface area contributed by atoms with Crippen LogP contribution in [0.5, 0.6) is 0 Å². The zero-order valence-electron chi connectivity index (χ0n) is 28.9. The van der Waals surface area contributed by atoms with Crippen LogP contribution in [0.3, 0.4) is 0 Å². The van der Waals surface area contributed by atoms with E-state index in [0.29, 0.717) is 17.5 Å². The van der Waals surface area contributed by atoms with Crippen molar-refractivity contribution in [2.45, 2.75) is 0 Å². The fourth-order valence-electron chi connectivity index (χ4n) is 8.58. The van der Waals surface area contributed by atoms with Gasteiger partial charge in [-0.1, -0.05) is 140 Å². The predicted octanol–water partition coefficient (Wildman–Crippen LogP) is 13.2. The third-order valence-electron chi connectivity index (χ3n) is 10.9. The van der Waals surface area contributed by atoms with Crippen molar-refractivity contribution >= 4 is 85.6 Å². The molecular formula is C49H28N4S. The third kappa shape index (κ3) is 4.27. The van der Waals surface area contributed by atoms with E-state index >= 15 is 0 Å². The number of benzene rings is 9. The Morgan fingerprint density at radius 3 is 1.78 bits per heavy atom. The number of aromatic nitrogens is 4. The van der Waals surface area contributed by atoms with Crippen molar-refractivity contribution in [3.05, 3.63) is 170 Å². The van der Waals surface area contributed by atoms with Gasteiger partial charge >= 0.3 is 0 Å². The molecule has 0 saturated carbocycles. The van der Waals surface area contributed by atoms with Crippen LogP contribution in [0.1, 0.15) is 0 Å². The van der Waals surface area contributed by atoms with Gasteiger partial charge in [-0.2, -0.15) is 0 Å². The number of hydrogen-bond acceptors (Lipinski definition) is 4. The Balaban J connectivity index is 1.21. The summed E-state index contributed by atoms with van der Waals surface area (Å²) >= 11 is 1.80. The minimum Gasteiger partial charge on any atom is -0.309 e. The maximum absolute atomic E-state index is 5.24. The quantitative estimate of drug-likeness (QED) is 0.171. The molecule has 0 aliphatic carbocycles. The molecule has 3 aromatic heterocycles. The lowest BCUT2D eigenvalue weighted by molar-refractivity contribution is 1.07. The highest BCUT2D eigenvalue weighted by atomic mass is 32.1. The van der Waals surface area contributed by atoms with Gasteiger partial charge in [0.15, 0.2) is 17.5 Å². The molecule has 9 aromatic carbocycles. The summed E-state index contributed by atoms with van der Waals surface area (Å²) in [7, 11) is 0. The summed E-state index contributed by atoms with van der Waals surface area (Å²) < 4.78 is 4.84. The molecule has 3 heterocycles. The second-order valence-electron chi connectivity index (χ2n) is 14.0. The lowest BCUT2D eigenvalue weighted by Crippen LogP contribution is -2.01. The first-order chi connectivity index (χ1) is 26.8. The summed E-state index contributed by atoms with van der Waals surface area (Å²) in [6, 6.07) is 60.8. The number of hydrogen-bond donors (Lipinski definition) is 0. The van der Waals surface area contributed by atoms with E-state index in [1.807, 2.05) is 36.4 Å². The van der Waals surface area contributed by atoms with E-state index in [4.69, 9.17) is 15.0 Å². The van der Waals surface area contributed by atoms with Gasteiger partial charge in [-0.05, 0) is 62.6 Å². The molecule has 0 atom stereocenters. The van der Waals surface area contributed by atoms with Crippen LogP contribution in [0.4, 0.5) is 0 Å². The Morgan fingerprint density at radius 2 is 1.02 bits per heavy atom. The van der Waals surface area contributed by atoms with Crippen molar-refractivity contribution in [2.75, 3.05) is 0 Å². The molecule has 0 spiro atoms. The van der Waals surface area contributed by atoms with Crippen molar-refractivity contribution in [3.8, 4) is 39.9 Å². The van der Waals surface area contributed by atoms with E-state index in [0.717, 1.165) is 32.6 Å². The van der Waals surface area contributed by atoms with Crippen LogP contribution < -0.4 is 0 Å². The van der Waals surface area contributed by atoms with Crippen molar-refractivity contribution in [2.24, 2.45) is 0 Å². The highest BCUT2D eigenvalue weighted by Crippen LogP contribution is 2.46. The largest absolute Gasteiger partial charge is 0.309 e. The number of para-hydroxylation sites is 1. The van der Waals surface area contributed by atoms with Crippen LogP contribution in [-0.2, 0) is 0 Å². The summed E-state index contributed by atoms with van der Waals surface area (Å²) in [5, 5.41) is 12.6. The third-order valence-corrected chi connectivity index (χ3v) is 12.2. The van der Waals surface area contributed by atoms with Gasteiger partial charge in [0.1, 0.15) is 0 Å². The van der Waals surface area contributed by atoms with Gasteiger partial charge in [-0.25, -0.2) is 15.0 Å². The molecule has 250 valence electrons. The van der Waals surface area contributed by atoms with Crippen LogP contribution in [0.15, 0.2) is 170 Å². The Labute approximate surface area is 313 Å². The Bertz CT molecular complexity index is 3360. The summed E-state index contributed by atoms with van der Waals surface area (Å²) in [5.41, 5.74) is 6.31. The van der Waals surface area contributed by atoms with E-state index in [2.05, 4.69) is 138 Å². The maximum Gasteiger partial charge on any atom is 0.165 e. The van der Waals surface area contributed by atoms with Crippen LogP contribution in [0, 0.1) is 0 Å². The number of fused-ring (bicyclic) bond motifs is 7. The smallest absolute Gasteiger partial charge is 0.165 e. The number of nitrogens with zero attached hydrogens (tertiary/aromatic N) is 4. The van der Waals surface area contributed by atoms with Gasteiger partial charge in [0, 0.05) is 53.3 Å². The molecule has 12 aromatic rings. The zero-order valence-corrected chi connectivity index (χ0v) is 29.7. The average molecular weight is 705 g/mol. The fourth-order valence-corrected chi connectivity index (χ4v) is 9.77. The molecule has 0 unspecified atom stereocenters. The van der Waals surface area contributed by atoms with Gasteiger partial charge in [0.25, 0.3) is 0 Å². The molecule has 0 aliphatic rings. The molecule has 54 heavy (non-hydrogen) atoms. The van der Waals surface area contributed by atoms with Gasteiger partial charge in [-0.15, -0.1) is 11.3 Å². The van der Waals surface area contributed by atoms with E-state index in [1.54, 1.807) is 11.3 Å². The van der Waals surface area contributed by atoms with Crippen molar-refractivity contribution in [1.29, 1.82) is 0 Å². The molecule has 0 aliphatic heterocycles. The SMILES string of the molecule is c1ccc(-c2nc(-c3ccccc3)nc(-c3cc(-n4c5ccccc5c5c6ccc7cccc8ccc(cc54)c6c87)cc4c3sc3ccccc34)n2)cc1. The number of thiophene rings is 1. The van der Waals surface area contributed by atoms with Crippen molar-refractivity contribution in [1.82, 2.24) is 19.5 Å². The van der Waals surface area contributed by atoms with Crippen LogP contribution >= 0.6 is 11.3 Å². The monoisotopic (exact) mass is 704 g/mol. The van der Waals surface area contributed by atoms with Crippen molar-refractivity contribution in [3.63, 3.8) is 0 Å². The lowest BCUT2D eigenvalue weighted by atomic mass is 9.92. The molecule has 0 radical (unpaired) electrons. The second-order valence-corrected chi connectivity index (χ2v) is 15.0. The zero-order chi connectivity index (χ0) is 35.3. The molecule has 0 amide bonds. The van der Waals surface area contributed by atoms with E-state index in [1.165, 1.54) is 64.1 Å². The van der Waals surface area contributed by atoms with E-state index < -0.39 is 0 Å². The summed E-state index contributed by atoms with van der Waals surface area (Å²) in [4.78, 5) is 15.5. The van der Waals surface area contributed by atoms with Gasteiger partial charge in [0.05, 0.1) is 11.0 Å². The first kappa shape index (κ1) is 29.6. The summed E-state index contributed by atoms with van der Waals surface area (Å²) in [6.07, 6.45) is 0. The molecule has 0 saturated heterocycles. The minimum absolute atomic E-state index is 0.653. The number of rotatable bonds is 4. The van der Waals surface area contributed by atoms with Crippen LogP contribution in [0.25, 0.3) is 114 Å². The molecule has 0 fully saturated rings. The predicted molar refractivity (Wildman–Crippen MR) is 227 cm³/mol.